The van der Waals surface area contributed by atoms with Crippen LogP contribution < -0.4 is 11.1 Å². The van der Waals surface area contributed by atoms with Crippen LogP contribution in [0.3, 0.4) is 0 Å². The molecule has 0 spiro atoms. The second kappa shape index (κ2) is 5.79. The Balaban J connectivity index is 1.91. The summed E-state index contributed by atoms with van der Waals surface area (Å²) in [5, 5.41) is 2.86. The molecule has 2 amide bonds. The van der Waals surface area contributed by atoms with E-state index in [1.807, 2.05) is 0 Å². The molecule has 1 atom stereocenters. The minimum Gasteiger partial charge on any atom is -0.369 e. The summed E-state index contributed by atoms with van der Waals surface area (Å²) >= 11 is 0. The molecule has 23 heavy (non-hydrogen) atoms. The summed E-state index contributed by atoms with van der Waals surface area (Å²) in [6.45, 7) is 0. The molecule has 0 aliphatic heterocycles. The number of nitrogens with one attached hydrogen (secondary N) is 1. The average Bonchev–Trinajstić information content (AvgIpc) is 3.36. The molecule has 1 aliphatic rings. The zero-order valence-corrected chi connectivity index (χ0v) is 12.3. The van der Waals surface area contributed by atoms with Crippen molar-refractivity contribution < 1.29 is 14.0 Å². The van der Waals surface area contributed by atoms with Gasteiger partial charge in [0, 0.05) is 12.4 Å². The summed E-state index contributed by atoms with van der Waals surface area (Å²) in [5.41, 5.74) is 5.75. The van der Waals surface area contributed by atoms with Gasteiger partial charge in [-0.15, -0.1) is 0 Å². The van der Waals surface area contributed by atoms with E-state index in [9.17, 15) is 14.0 Å². The molecule has 1 aromatic heterocycles. The quantitative estimate of drug-likeness (QED) is 0.824. The summed E-state index contributed by atoms with van der Waals surface area (Å²) in [7, 11) is 0. The predicted octanol–water partition coefficient (Wildman–Crippen LogP) is 1.69. The number of pyridine rings is 1. The highest BCUT2D eigenvalue weighted by Gasteiger charge is 2.55. The first kappa shape index (κ1) is 15.1. The van der Waals surface area contributed by atoms with E-state index in [0.717, 1.165) is 5.56 Å². The van der Waals surface area contributed by atoms with Gasteiger partial charge in [0.2, 0.25) is 11.8 Å². The summed E-state index contributed by atoms with van der Waals surface area (Å²) in [6, 6.07) is 8.89. The largest absolute Gasteiger partial charge is 0.369 e. The maximum atomic E-state index is 13.2. The molecule has 1 aliphatic carbocycles. The van der Waals surface area contributed by atoms with Crippen LogP contribution in [-0.2, 0) is 9.59 Å². The third-order valence-electron chi connectivity index (χ3n) is 4.17. The van der Waals surface area contributed by atoms with E-state index >= 15 is 0 Å². The topological polar surface area (TPSA) is 85.1 Å². The van der Waals surface area contributed by atoms with Crippen molar-refractivity contribution in [2.75, 3.05) is 0 Å². The highest BCUT2D eigenvalue weighted by Crippen LogP contribution is 2.46. The van der Waals surface area contributed by atoms with E-state index in [1.54, 1.807) is 36.7 Å². The lowest BCUT2D eigenvalue weighted by molar-refractivity contribution is -0.135. The van der Waals surface area contributed by atoms with Gasteiger partial charge in [0.1, 0.15) is 11.2 Å². The number of hydrogen-bond acceptors (Lipinski definition) is 3. The number of primary amides is 1. The van der Waals surface area contributed by atoms with Crippen LogP contribution in [0.15, 0.2) is 48.8 Å². The van der Waals surface area contributed by atoms with Gasteiger partial charge in [-0.25, -0.2) is 4.39 Å². The number of aromatic nitrogens is 1. The molecule has 1 unspecified atom stereocenters. The summed E-state index contributed by atoms with van der Waals surface area (Å²) in [5.74, 6) is -1.36. The van der Waals surface area contributed by atoms with Gasteiger partial charge >= 0.3 is 0 Å². The number of nitrogens with two attached hydrogens (primary N) is 1. The zero-order chi connectivity index (χ0) is 16.4. The second-order valence-corrected chi connectivity index (χ2v) is 5.68. The van der Waals surface area contributed by atoms with Crippen molar-refractivity contribution in [1.82, 2.24) is 10.3 Å². The van der Waals surface area contributed by atoms with Crippen molar-refractivity contribution in [3.63, 3.8) is 0 Å². The highest BCUT2D eigenvalue weighted by atomic mass is 19.1. The molecule has 6 heteroatoms. The molecule has 1 aromatic carbocycles. The maximum absolute atomic E-state index is 13.2. The van der Waals surface area contributed by atoms with Crippen LogP contribution in [0.1, 0.15) is 30.0 Å². The van der Waals surface area contributed by atoms with Crippen molar-refractivity contribution in [3.8, 4) is 0 Å². The number of rotatable bonds is 5. The van der Waals surface area contributed by atoms with Crippen molar-refractivity contribution in [3.05, 3.63) is 65.7 Å². The molecule has 1 fully saturated rings. The fraction of sp³-hybridized carbons (Fsp3) is 0.235. The summed E-state index contributed by atoms with van der Waals surface area (Å²) < 4.78 is 13.2. The lowest BCUT2D eigenvalue weighted by atomic mass is 9.97. The Bertz CT molecular complexity index is 727. The Morgan fingerprint density at radius 2 is 1.65 bits per heavy atom. The molecule has 1 saturated carbocycles. The Labute approximate surface area is 132 Å². The molecule has 118 valence electrons. The van der Waals surface area contributed by atoms with Crippen LogP contribution in [0.4, 0.5) is 4.39 Å². The van der Waals surface area contributed by atoms with Crippen LogP contribution in [0.2, 0.25) is 0 Å². The smallest absolute Gasteiger partial charge is 0.236 e. The molecule has 5 nitrogen and oxygen atoms in total. The fourth-order valence-corrected chi connectivity index (χ4v) is 2.55. The van der Waals surface area contributed by atoms with Crippen molar-refractivity contribution >= 4 is 11.8 Å². The van der Waals surface area contributed by atoms with Crippen molar-refractivity contribution in [2.45, 2.75) is 18.9 Å². The van der Waals surface area contributed by atoms with E-state index in [4.69, 9.17) is 5.73 Å². The van der Waals surface area contributed by atoms with Gasteiger partial charge in [-0.05, 0) is 48.2 Å². The first-order chi connectivity index (χ1) is 11.0. The van der Waals surface area contributed by atoms with Crippen LogP contribution in [0.5, 0.6) is 0 Å². The van der Waals surface area contributed by atoms with Crippen LogP contribution in [-0.4, -0.2) is 16.8 Å². The van der Waals surface area contributed by atoms with Gasteiger partial charge in [0.25, 0.3) is 0 Å². The number of amides is 2. The minimum atomic E-state index is -1.11. The summed E-state index contributed by atoms with van der Waals surface area (Å²) in [6.07, 6.45) is 4.14. The number of carbonyl (C=O) groups excluding carboxylic acids is 2. The lowest BCUT2D eigenvalue weighted by Gasteiger charge is -2.22. The van der Waals surface area contributed by atoms with Gasteiger partial charge in [-0.1, -0.05) is 12.1 Å². The molecule has 0 saturated heterocycles. The third kappa shape index (κ3) is 2.92. The third-order valence-corrected chi connectivity index (χ3v) is 4.17. The van der Waals surface area contributed by atoms with E-state index in [2.05, 4.69) is 10.3 Å². The summed E-state index contributed by atoms with van der Waals surface area (Å²) in [4.78, 5) is 28.0. The average molecular weight is 313 g/mol. The molecule has 0 radical (unpaired) electrons. The van der Waals surface area contributed by atoms with E-state index < -0.39 is 23.3 Å². The van der Waals surface area contributed by atoms with Gasteiger partial charge in [0.05, 0.1) is 6.04 Å². The minimum absolute atomic E-state index is 0.357. The van der Waals surface area contributed by atoms with Gasteiger partial charge in [-0.2, -0.15) is 0 Å². The lowest BCUT2D eigenvalue weighted by Crippen LogP contribution is -2.42. The second-order valence-electron chi connectivity index (χ2n) is 5.68. The predicted molar refractivity (Wildman–Crippen MR) is 81.5 cm³/mol. The van der Waals surface area contributed by atoms with Crippen LogP contribution in [0, 0.1) is 11.2 Å². The monoisotopic (exact) mass is 313 g/mol. The molecule has 3 rings (SSSR count). The molecular weight excluding hydrogens is 297 g/mol. The molecule has 0 bridgehead atoms. The molecule has 2 aromatic rings. The van der Waals surface area contributed by atoms with Crippen LogP contribution in [0.25, 0.3) is 0 Å². The number of halogens is 1. The molecule has 1 heterocycles. The number of hydrogen-bond donors (Lipinski definition) is 2. The SMILES string of the molecule is NC(=O)C1(C(=O)NC(c2ccncc2)c2ccc(F)cc2)CC1. The maximum Gasteiger partial charge on any atom is 0.236 e. The van der Waals surface area contributed by atoms with E-state index in [0.29, 0.717) is 18.4 Å². The Morgan fingerprint density at radius 1 is 1.09 bits per heavy atom. The standard InChI is InChI=1S/C17H16FN3O2/c18-13-3-1-11(2-4-13)14(12-5-9-20-10-6-12)21-16(23)17(7-8-17)15(19)22/h1-6,9-10,14H,7-8H2,(H2,19,22)(H,21,23). The number of nitrogens with zero attached hydrogens (tertiary/aromatic N) is 1. The number of carbonyl (C=O) groups is 2. The van der Waals surface area contributed by atoms with Gasteiger partial charge < -0.3 is 11.1 Å². The van der Waals surface area contributed by atoms with Crippen molar-refractivity contribution in [2.24, 2.45) is 11.1 Å². The fourth-order valence-electron chi connectivity index (χ4n) is 2.55. The first-order valence-electron chi connectivity index (χ1n) is 7.29. The Hall–Kier alpha value is -2.76. The molecule has 3 N–H and O–H groups in total. The molecular formula is C17H16FN3O2. The first-order valence-corrected chi connectivity index (χ1v) is 7.29. The van der Waals surface area contributed by atoms with Gasteiger partial charge in [-0.3, -0.25) is 14.6 Å². The Morgan fingerprint density at radius 3 is 2.17 bits per heavy atom. The zero-order valence-electron chi connectivity index (χ0n) is 12.3. The van der Waals surface area contributed by atoms with E-state index in [-0.39, 0.29) is 5.82 Å². The Kier molecular flexibility index (Phi) is 3.82. The number of benzene rings is 1. The van der Waals surface area contributed by atoms with Crippen LogP contribution >= 0.6 is 0 Å². The highest BCUT2D eigenvalue weighted by molar-refractivity contribution is 6.07. The van der Waals surface area contributed by atoms with Gasteiger partial charge in [0.15, 0.2) is 0 Å². The van der Waals surface area contributed by atoms with Crippen molar-refractivity contribution in [1.29, 1.82) is 0 Å². The normalized spacial score (nSPS) is 16.4. The van der Waals surface area contributed by atoms with E-state index in [1.165, 1.54) is 12.1 Å².